The van der Waals surface area contributed by atoms with Gasteiger partial charge in [-0.25, -0.2) is 0 Å². The Morgan fingerprint density at radius 1 is 1.28 bits per heavy atom. The lowest BCUT2D eigenvalue weighted by Gasteiger charge is -2.30. The molecule has 0 heterocycles. The Balaban J connectivity index is 1.96. The fourth-order valence-electron chi connectivity index (χ4n) is 3.11. The van der Waals surface area contributed by atoms with Crippen molar-refractivity contribution in [1.29, 1.82) is 0 Å². The van der Waals surface area contributed by atoms with Gasteiger partial charge in [0, 0.05) is 18.2 Å². The van der Waals surface area contributed by atoms with E-state index in [1.54, 1.807) is 6.07 Å². The molecule has 0 radical (unpaired) electrons. The van der Waals surface area contributed by atoms with Crippen molar-refractivity contribution in [3.63, 3.8) is 0 Å². The zero-order valence-electron chi connectivity index (χ0n) is 11.6. The average molecular weight is 247 g/mol. The van der Waals surface area contributed by atoms with Crippen molar-refractivity contribution >= 4 is 0 Å². The largest absolute Gasteiger partial charge is 0.508 e. The molecular weight excluding hydrogens is 222 g/mol. The lowest BCUT2D eigenvalue weighted by atomic mass is 9.83. The molecule has 2 rings (SSSR count). The Bertz CT molecular complexity index is 382. The van der Waals surface area contributed by atoms with Crippen LogP contribution in [0.3, 0.4) is 0 Å². The highest BCUT2D eigenvalue weighted by molar-refractivity contribution is 5.34. The SMILES string of the molecule is CCC1(CNC(C)c2ccccc2O)CCCC1. The summed E-state index contributed by atoms with van der Waals surface area (Å²) in [4.78, 5) is 0. The fraction of sp³-hybridized carbons (Fsp3) is 0.625. The second kappa shape index (κ2) is 5.75. The van der Waals surface area contributed by atoms with E-state index in [0.29, 0.717) is 11.2 Å². The van der Waals surface area contributed by atoms with E-state index < -0.39 is 0 Å². The molecule has 2 heteroatoms. The highest BCUT2D eigenvalue weighted by atomic mass is 16.3. The van der Waals surface area contributed by atoms with E-state index in [-0.39, 0.29) is 6.04 Å². The van der Waals surface area contributed by atoms with Crippen LogP contribution in [0.1, 0.15) is 57.6 Å². The smallest absolute Gasteiger partial charge is 0.120 e. The summed E-state index contributed by atoms with van der Waals surface area (Å²) >= 11 is 0. The second-order valence-electron chi connectivity index (χ2n) is 5.72. The van der Waals surface area contributed by atoms with Crippen LogP contribution in [-0.2, 0) is 0 Å². The molecule has 1 aliphatic carbocycles. The van der Waals surface area contributed by atoms with E-state index in [0.717, 1.165) is 12.1 Å². The summed E-state index contributed by atoms with van der Waals surface area (Å²) in [6, 6.07) is 7.84. The normalized spacial score (nSPS) is 19.9. The number of rotatable bonds is 5. The van der Waals surface area contributed by atoms with Gasteiger partial charge in [0.1, 0.15) is 5.75 Å². The maximum absolute atomic E-state index is 9.85. The number of para-hydroxylation sites is 1. The first-order valence-electron chi connectivity index (χ1n) is 7.18. The number of nitrogens with one attached hydrogen (secondary N) is 1. The van der Waals surface area contributed by atoms with Crippen molar-refractivity contribution in [3.05, 3.63) is 29.8 Å². The standard InChI is InChI=1S/C16H25NO/c1-3-16(10-6-7-11-16)12-17-13(2)14-8-4-5-9-15(14)18/h4-5,8-9,13,17-18H,3,6-7,10-12H2,1-2H3. The minimum atomic E-state index is 0.218. The quantitative estimate of drug-likeness (QED) is 0.824. The van der Waals surface area contributed by atoms with Crippen LogP contribution in [0, 0.1) is 5.41 Å². The molecule has 1 atom stereocenters. The molecule has 100 valence electrons. The van der Waals surface area contributed by atoms with Gasteiger partial charge in [0.25, 0.3) is 0 Å². The Labute approximate surface area is 110 Å². The molecule has 1 unspecified atom stereocenters. The molecular formula is C16H25NO. The van der Waals surface area contributed by atoms with Gasteiger partial charge in [-0.3, -0.25) is 0 Å². The van der Waals surface area contributed by atoms with Gasteiger partial charge in [0.2, 0.25) is 0 Å². The van der Waals surface area contributed by atoms with Crippen molar-refractivity contribution < 1.29 is 5.11 Å². The average Bonchev–Trinajstić information content (AvgIpc) is 2.86. The van der Waals surface area contributed by atoms with Crippen LogP contribution in [0.15, 0.2) is 24.3 Å². The van der Waals surface area contributed by atoms with Crippen molar-refractivity contribution in [2.45, 2.75) is 52.0 Å². The summed E-state index contributed by atoms with van der Waals surface area (Å²) in [7, 11) is 0. The first kappa shape index (κ1) is 13.4. The third-order valence-electron chi connectivity index (χ3n) is 4.60. The van der Waals surface area contributed by atoms with Gasteiger partial charge in [0.05, 0.1) is 0 Å². The third-order valence-corrected chi connectivity index (χ3v) is 4.60. The van der Waals surface area contributed by atoms with Crippen LogP contribution < -0.4 is 5.32 Å². The predicted octanol–water partition coefficient (Wildman–Crippen LogP) is 4.01. The van der Waals surface area contributed by atoms with E-state index in [4.69, 9.17) is 0 Å². The first-order chi connectivity index (χ1) is 8.67. The molecule has 0 saturated heterocycles. The van der Waals surface area contributed by atoms with E-state index in [1.807, 2.05) is 18.2 Å². The van der Waals surface area contributed by atoms with Crippen LogP contribution in [0.5, 0.6) is 5.75 Å². The molecule has 1 fully saturated rings. The Kier molecular flexibility index (Phi) is 4.28. The summed E-state index contributed by atoms with van der Waals surface area (Å²) in [5.74, 6) is 0.398. The molecule has 1 aliphatic rings. The molecule has 1 aromatic carbocycles. The highest BCUT2D eigenvalue weighted by Gasteiger charge is 2.32. The molecule has 0 aromatic heterocycles. The molecule has 0 aliphatic heterocycles. The molecule has 2 nitrogen and oxygen atoms in total. The second-order valence-corrected chi connectivity index (χ2v) is 5.72. The molecule has 0 amide bonds. The molecule has 2 N–H and O–H groups in total. The molecule has 0 spiro atoms. The minimum absolute atomic E-state index is 0.218. The van der Waals surface area contributed by atoms with Gasteiger partial charge in [-0.15, -0.1) is 0 Å². The minimum Gasteiger partial charge on any atom is -0.508 e. The maximum Gasteiger partial charge on any atom is 0.120 e. The van der Waals surface area contributed by atoms with Crippen LogP contribution in [0.2, 0.25) is 0 Å². The summed E-state index contributed by atoms with van der Waals surface area (Å²) in [6.07, 6.45) is 6.71. The summed E-state index contributed by atoms with van der Waals surface area (Å²) in [5.41, 5.74) is 1.50. The monoisotopic (exact) mass is 247 g/mol. The van der Waals surface area contributed by atoms with Crippen molar-refractivity contribution in [1.82, 2.24) is 5.32 Å². The van der Waals surface area contributed by atoms with E-state index in [1.165, 1.54) is 32.1 Å². The summed E-state index contributed by atoms with van der Waals surface area (Å²) in [5, 5.41) is 13.5. The molecule has 1 saturated carbocycles. The van der Waals surface area contributed by atoms with Gasteiger partial charge >= 0.3 is 0 Å². The highest BCUT2D eigenvalue weighted by Crippen LogP contribution is 2.40. The van der Waals surface area contributed by atoms with Gasteiger partial charge in [-0.05, 0) is 37.7 Å². The summed E-state index contributed by atoms with van der Waals surface area (Å²) < 4.78 is 0. The number of phenolic OH excluding ortho intramolecular Hbond substituents is 1. The Morgan fingerprint density at radius 2 is 1.94 bits per heavy atom. The number of aromatic hydroxyl groups is 1. The Morgan fingerprint density at radius 3 is 2.56 bits per heavy atom. The topological polar surface area (TPSA) is 32.3 Å². The number of benzene rings is 1. The van der Waals surface area contributed by atoms with E-state index >= 15 is 0 Å². The van der Waals surface area contributed by atoms with E-state index in [9.17, 15) is 5.11 Å². The van der Waals surface area contributed by atoms with Crippen LogP contribution in [0.4, 0.5) is 0 Å². The number of hydrogen-bond acceptors (Lipinski definition) is 2. The van der Waals surface area contributed by atoms with Crippen LogP contribution in [0.25, 0.3) is 0 Å². The zero-order chi connectivity index (χ0) is 13.0. The summed E-state index contributed by atoms with van der Waals surface area (Å²) in [6.45, 7) is 5.50. The van der Waals surface area contributed by atoms with Gasteiger partial charge in [-0.1, -0.05) is 38.0 Å². The number of phenols is 1. The number of hydrogen-bond donors (Lipinski definition) is 2. The van der Waals surface area contributed by atoms with Gasteiger partial charge in [-0.2, -0.15) is 0 Å². The van der Waals surface area contributed by atoms with Gasteiger partial charge < -0.3 is 10.4 Å². The van der Waals surface area contributed by atoms with E-state index in [2.05, 4.69) is 19.2 Å². The molecule has 0 bridgehead atoms. The van der Waals surface area contributed by atoms with Crippen LogP contribution >= 0.6 is 0 Å². The fourth-order valence-corrected chi connectivity index (χ4v) is 3.11. The van der Waals surface area contributed by atoms with Crippen molar-refractivity contribution in [3.8, 4) is 5.75 Å². The van der Waals surface area contributed by atoms with Crippen molar-refractivity contribution in [2.24, 2.45) is 5.41 Å². The Hall–Kier alpha value is -1.02. The lowest BCUT2D eigenvalue weighted by molar-refractivity contribution is 0.258. The first-order valence-corrected chi connectivity index (χ1v) is 7.18. The van der Waals surface area contributed by atoms with Gasteiger partial charge in [0.15, 0.2) is 0 Å². The molecule has 18 heavy (non-hydrogen) atoms. The third kappa shape index (κ3) is 2.86. The van der Waals surface area contributed by atoms with Crippen molar-refractivity contribution in [2.75, 3.05) is 6.54 Å². The zero-order valence-corrected chi connectivity index (χ0v) is 11.6. The lowest BCUT2D eigenvalue weighted by Crippen LogP contribution is -2.33. The maximum atomic E-state index is 9.85. The molecule has 1 aromatic rings. The van der Waals surface area contributed by atoms with Crippen LogP contribution in [-0.4, -0.2) is 11.7 Å². The predicted molar refractivity (Wildman–Crippen MR) is 75.7 cm³/mol.